The Bertz CT molecular complexity index is 463. The highest BCUT2D eigenvalue weighted by Crippen LogP contribution is 2.47. The molecule has 2 rings (SSSR count). The summed E-state index contributed by atoms with van der Waals surface area (Å²) >= 11 is 0. The van der Waals surface area contributed by atoms with Gasteiger partial charge in [0.15, 0.2) is 0 Å². The van der Waals surface area contributed by atoms with Crippen molar-refractivity contribution in [3.8, 4) is 5.75 Å². The molecule has 1 aliphatic rings. The molecule has 1 aromatic carbocycles. The number of rotatable bonds is 1. The second-order valence-corrected chi connectivity index (χ2v) is 4.80. The van der Waals surface area contributed by atoms with Crippen molar-refractivity contribution >= 4 is 11.6 Å². The molecule has 3 nitrogen and oxygen atoms in total. The number of anilines is 1. The Hall–Kier alpha value is -1.51. The summed E-state index contributed by atoms with van der Waals surface area (Å²) < 4.78 is 5.33. The fraction of sp³-hybridized carbons (Fsp3) is 0.462. The molecule has 0 radical (unpaired) electrons. The van der Waals surface area contributed by atoms with Crippen LogP contribution in [0.2, 0.25) is 0 Å². The average molecular weight is 219 g/mol. The molecule has 0 N–H and O–H groups in total. The largest absolute Gasteiger partial charge is 0.495 e. The lowest BCUT2D eigenvalue weighted by Gasteiger charge is -2.18. The first-order chi connectivity index (χ1) is 7.41. The van der Waals surface area contributed by atoms with Gasteiger partial charge in [0.1, 0.15) is 5.75 Å². The van der Waals surface area contributed by atoms with Crippen molar-refractivity contribution in [1.82, 2.24) is 0 Å². The van der Waals surface area contributed by atoms with Crippen molar-refractivity contribution in [3.63, 3.8) is 0 Å². The minimum Gasteiger partial charge on any atom is -0.495 e. The Morgan fingerprint density at radius 2 is 1.94 bits per heavy atom. The van der Waals surface area contributed by atoms with Crippen LogP contribution in [-0.4, -0.2) is 20.1 Å². The quantitative estimate of drug-likeness (QED) is 0.725. The number of carbonyl (C=O) groups excluding carboxylic acids is 1. The average Bonchev–Trinajstić information content (AvgIpc) is 2.42. The van der Waals surface area contributed by atoms with Gasteiger partial charge < -0.3 is 9.64 Å². The van der Waals surface area contributed by atoms with E-state index in [0.717, 1.165) is 22.6 Å². The van der Waals surface area contributed by atoms with Crippen molar-refractivity contribution < 1.29 is 9.53 Å². The first-order valence-corrected chi connectivity index (χ1v) is 5.37. The number of methoxy groups -OCH3 is 1. The lowest BCUT2D eigenvalue weighted by molar-refractivity contribution is -0.121. The number of fused-ring (bicyclic) bond motifs is 1. The molecule has 3 heteroatoms. The maximum absolute atomic E-state index is 12.2. The Morgan fingerprint density at radius 3 is 2.50 bits per heavy atom. The number of carbonyl (C=O) groups is 1. The molecule has 0 spiro atoms. The molecular weight excluding hydrogens is 202 g/mol. The van der Waals surface area contributed by atoms with Crippen LogP contribution in [0.3, 0.4) is 0 Å². The van der Waals surface area contributed by atoms with Gasteiger partial charge in [-0.1, -0.05) is 6.07 Å². The number of aryl methyl sites for hydroxylation is 1. The third-order valence-corrected chi connectivity index (χ3v) is 3.37. The number of hydrogen-bond donors (Lipinski definition) is 0. The number of amides is 1. The molecule has 0 saturated heterocycles. The van der Waals surface area contributed by atoms with Crippen molar-refractivity contribution in [2.75, 3.05) is 19.1 Å². The fourth-order valence-electron chi connectivity index (χ4n) is 2.59. The lowest BCUT2D eigenvalue weighted by atomic mass is 9.83. The standard InChI is InChI=1S/C13H17NO2/c1-8-6-7-9(16-5)11-10(8)13(2,3)12(15)14(11)4/h6-7H,1-5H3. The molecule has 1 aromatic rings. The van der Waals surface area contributed by atoms with Gasteiger partial charge in [-0.15, -0.1) is 0 Å². The minimum atomic E-state index is -0.456. The van der Waals surface area contributed by atoms with E-state index in [1.807, 2.05) is 32.9 Å². The van der Waals surface area contributed by atoms with Gasteiger partial charge in [0.05, 0.1) is 18.2 Å². The van der Waals surface area contributed by atoms with Crippen molar-refractivity contribution in [2.45, 2.75) is 26.2 Å². The number of hydrogen-bond acceptors (Lipinski definition) is 2. The van der Waals surface area contributed by atoms with Crippen LogP contribution < -0.4 is 9.64 Å². The van der Waals surface area contributed by atoms with Gasteiger partial charge >= 0.3 is 0 Å². The summed E-state index contributed by atoms with van der Waals surface area (Å²) in [4.78, 5) is 13.9. The smallest absolute Gasteiger partial charge is 0.237 e. The summed E-state index contributed by atoms with van der Waals surface area (Å²) in [7, 11) is 3.44. The molecular formula is C13H17NO2. The molecule has 0 aliphatic carbocycles. The second-order valence-electron chi connectivity index (χ2n) is 4.80. The third-order valence-electron chi connectivity index (χ3n) is 3.37. The fourth-order valence-corrected chi connectivity index (χ4v) is 2.59. The Labute approximate surface area is 96.0 Å². The summed E-state index contributed by atoms with van der Waals surface area (Å²) in [6.45, 7) is 5.96. The van der Waals surface area contributed by atoms with Crippen LogP contribution >= 0.6 is 0 Å². The molecule has 0 atom stereocenters. The molecule has 0 bridgehead atoms. The number of ether oxygens (including phenoxy) is 1. The highest BCUT2D eigenvalue weighted by Gasteiger charge is 2.44. The molecule has 0 unspecified atom stereocenters. The summed E-state index contributed by atoms with van der Waals surface area (Å²) in [6, 6.07) is 3.92. The van der Waals surface area contributed by atoms with Crippen molar-refractivity contribution in [1.29, 1.82) is 0 Å². The Kier molecular flexibility index (Phi) is 2.22. The van der Waals surface area contributed by atoms with E-state index >= 15 is 0 Å². The van der Waals surface area contributed by atoms with E-state index in [4.69, 9.17) is 4.74 Å². The van der Waals surface area contributed by atoms with Crippen LogP contribution in [0.15, 0.2) is 12.1 Å². The topological polar surface area (TPSA) is 29.5 Å². The van der Waals surface area contributed by atoms with Gasteiger partial charge in [-0.2, -0.15) is 0 Å². The zero-order valence-electron chi connectivity index (χ0n) is 10.4. The Morgan fingerprint density at radius 1 is 1.31 bits per heavy atom. The van der Waals surface area contributed by atoms with Gasteiger partial charge in [0.2, 0.25) is 5.91 Å². The first kappa shape index (κ1) is 11.0. The minimum absolute atomic E-state index is 0.120. The molecule has 0 fully saturated rings. The molecule has 1 amide bonds. The third kappa shape index (κ3) is 1.17. The van der Waals surface area contributed by atoms with Crippen LogP contribution in [0.25, 0.3) is 0 Å². The van der Waals surface area contributed by atoms with Crippen molar-refractivity contribution in [3.05, 3.63) is 23.3 Å². The molecule has 86 valence electrons. The van der Waals surface area contributed by atoms with Crippen LogP contribution in [0.5, 0.6) is 5.75 Å². The van der Waals surface area contributed by atoms with E-state index in [0.29, 0.717) is 0 Å². The SMILES string of the molecule is COc1ccc(C)c2c1N(C)C(=O)C2(C)C. The highest BCUT2D eigenvalue weighted by atomic mass is 16.5. The van der Waals surface area contributed by atoms with Gasteiger partial charge in [-0.3, -0.25) is 4.79 Å². The maximum Gasteiger partial charge on any atom is 0.237 e. The van der Waals surface area contributed by atoms with Crippen LogP contribution in [0.1, 0.15) is 25.0 Å². The predicted molar refractivity (Wildman–Crippen MR) is 64.2 cm³/mol. The van der Waals surface area contributed by atoms with Crippen molar-refractivity contribution in [2.24, 2.45) is 0 Å². The summed E-state index contributed by atoms with van der Waals surface area (Å²) in [5.41, 5.74) is 2.68. The molecule has 1 heterocycles. The van der Waals surface area contributed by atoms with E-state index < -0.39 is 5.41 Å². The second kappa shape index (κ2) is 3.24. The van der Waals surface area contributed by atoms with Crippen LogP contribution in [-0.2, 0) is 10.2 Å². The van der Waals surface area contributed by atoms with E-state index in [1.165, 1.54) is 0 Å². The Balaban J connectivity index is 2.79. The van der Waals surface area contributed by atoms with Gasteiger partial charge in [-0.05, 0) is 38.0 Å². The van der Waals surface area contributed by atoms with E-state index in [2.05, 4.69) is 0 Å². The summed E-state index contributed by atoms with van der Waals surface area (Å²) in [5, 5.41) is 0. The number of benzene rings is 1. The molecule has 0 aromatic heterocycles. The predicted octanol–water partition coefficient (Wildman–Crippen LogP) is 2.26. The lowest BCUT2D eigenvalue weighted by Crippen LogP contribution is -2.33. The van der Waals surface area contributed by atoms with Crippen LogP contribution in [0, 0.1) is 6.92 Å². The number of nitrogens with zero attached hydrogens (tertiary/aromatic N) is 1. The maximum atomic E-state index is 12.2. The van der Waals surface area contributed by atoms with Gasteiger partial charge in [0.25, 0.3) is 0 Å². The van der Waals surface area contributed by atoms with Gasteiger partial charge in [0, 0.05) is 7.05 Å². The van der Waals surface area contributed by atoms with E-state index in [-0.39, 0.29) is 5.91 Å². The zero-order chi connectivity index (χ0) is 12.1. The normalized spacial score (nSPS) is 17.6. The molecule has 16 heavy (non-hydrogen) atoms. The highest BCUT2D eigenvalue weighted by molar-refractivity contribution is 6.09. The zero-order valence-corrected chi connectivity index (χ0v) is 10.4. The molecule has 1 aliphatic heterocycles. The first-order valence-electron chi connectivity index (χ1n) is 5.37. The molecule has 0 saturated carbocycles. The van der Waals surface area contributed by atoms with Crippen LogP contribution in [0.4, 0.5) is 5.69 Å². The van der Waals surface area contributed by atoms with E-state index in [1.54, 1.807) is 19.1 Å². The van der Waals surface area contributed by atoms with E-state index in [9.17, 15) is 4.79 Å². The van der Waals surface area contributed by atoms with Gasteiger partial charge in [-0.25, -0.2) is 0 Å². The summed E-state index contributed by atoms with van der Waals surface area (Å²) in [6.07, 6.45) is 0. The summed E-state index contributed by atoms with van der Waals surface area (Å²) in [5.74, 6) is 0.886. The monoisotopic (exact) mass is 219 g/mol. The number of likely N-dealkylation sites (N-methyl/N-ethyl adjacent to an activating group) is 1.